The Morgan fingerprint density at radius 3 is 2.52 bits per heavy atom. The summed E-state index contributed by atoms with van der Waals surface area (Å²) in [6, 6.07) is 14.7. The number of hydrogen-bond donors (Lipinski definition) is 2. The molecule has 0 fully saturated rings. The maximum Gasteiger partial charge on any atom is 0.251 e. The van der Waals surface area contributed by atoms with Crippen molar-refractivity contribution in [2.24, 2.45) is 0 Å². The van der Waals surface area contributed by atoms with Gasteiger partial charge in [-0.05, 0) is 36.2 Å². The predicted molar refractivity (Wildman–Crippen MR) is 92.7 cm³/mol. The minimum atomic E-state index is -0.143. The highest BCUT2D eigenvalue weighted by Gasteiger charge is 2.13. The molecule has 0 aromatic heterocycles. The number of aryl methyl sites for hydroxylation is 1. The summed E-state index contributed by atoms with van der Waals surface area (Å²) in [5.41, 5.74) is 1.63. The Hall–Kier alpha value is -3.02. The van der Waals surface area contributed by atoms with Crippen LogP contribution in [0.4, 0.5) is 0 Å². The lowest BCUT2D eigenvalue weighted by molar-refractivity contribution is -0.121. The highest BCUT2D eigenvalue weighted by molar-refractivity contribution is 5.94. The van der Waals surface area contributed by atoms with Crippen molar-refractivity contribution in [3.8, 4) is 11.5 Å². The predicted octanol–water partition coefficient (Wildman–Crippen LogP) is 1.89. The zero-order valence-electron chi connectivity index (χ0n) is 13.8. The summed E-state index contributed by atoms with van der Waals surface area (Å²) in [5.74, 6) is 1.27. The molecule has 6 nitrogen and oxygen atoms in total. The molecule has 2 amide bonds. The van der Waals surface area contributed by atoms with Gasteiger partial charge in [-0.2, -0.15) is 0 Å². The third kappa shape index (κ3) is 4.73. The number of carbonyl (C=O) groups excluding carboxylic acids is 2. The maximum absolute atomic E-state index is 11.9. The number of benzene rings is 2. The second kappa shape index (κ2) is 8.19. The first kappa shape index (κ1) is 16.8. The fourth-order valence-corrected chi connectivity index (χ4v) is 2.51. The Morgan fingerprint density at radius 1 is 0.920 bits per heavy atom. The molecule has 1 aliphatic rings. The highest BCUT2D eigenvalue weighted by Crippen LogP contribution is 2.32. The molecule has 6 heteroatoms. The van der Waals surface area contributed by atoms with Gasteiger partial charge in [0, 0.05) is 25.1 Å². The second-order valence-corrected chi connectivity index (χ2v) is 5.66. The number of ether oxygens (including phenoxy) is 2. The van der Waals surface area contributed by atoms with Gasteiger partial charge in [0.25, 0.3) is 5.91 Å². The molecule has 1 heterocycles. The molecular formula is C19H20N2O4. The van der Waals surface area contributed by atoms with Gasteiger partial charge >= 0.3 is 0 Å². The highest BCUT2D eigenvalue weighted by atomic mass is 16.7. The Balaban J connectivity index is 1.34. The maximum atomic E-state index is 11.9. The first-order valence-electron chi connectivity index (χ1n) is 8.21. The monoisotopic (exact) mass is 340 g/mol. The lowest BCUT2D eigenvalue weighted by Gasteiger charge is -2.07. The molecule has 0 saturated heterocycles. The molecule has 0 spiro atoms. The summed E-state index contributed by atoms with van der Waals surface area (Å²) in [4.78, 5) is 23.7. The van der Waals surface area contributed by atoms with E-state index in [2.05, 4.69) is 10.6 Å². The third-order valence-corrected chi connectivity index (χ3v) is 3.85. The largest absolute Gasteiger partial charge is 0.454 e. The molecule has 0 aliphatic carbocycles. The number of amides is 2. The van der Waals surface area contributed by atoms with E-state index in [-0.39, 0.29) is 18.6 Å². The topological polar surface area (TPSA) is 76.7 Å². The van der Waals surface area contributed by atoms with E-state index in [1.54, 1.807) is 12.1 Å². The molecule has 25 heavy (non-hydrogen) atoms. The van der Waals surface area contributed by atoms with Crippen molar-refractivity contribution in [1.29, 1.82) is 0 Å². The van der Waals surface area contributed by atoms with Crippen LogP contribution in [-0.2, 0) is 11.2 Å². The minimum absolute atomic E-state index is 0.0494. The van der Waals surface area contributed by atoms with Crippen molar-refractivity contribution in [3.05, 3.63) is 59.7 Å². The van der Waals surface area contributed by atoms with Gasteiger partial charge in [-0.3, -0.25) is 9.59 Å². The van der Waals surface area contributed by atoms with Crippen molar-refractivity contribution < 1.29 is 19.1 Å². The van der Waals surface area contributed by atoms with Gasteiger partial charge in [-0.1, -0.05) is 24.3 Å². The Labute approximate surface area is 146 Å². The van der Waals surface area contributed by atoms with Crippen molar-refractivity contribution in [3.63, 3.8) is 0 Å². The van der Waals surface area contributed by atoms with Crippen LogP contribution in [0.5, 0.6) is 11.5 Å². The van der Waals surface area contributed by atoms with Gasteiger partial charge in [-0.15, -0.1) is 0 Å². The number of hydrogen-bond acceptors (Lipinski definition) is 4. The smallest absolute Gasteiger partial charge is 0.251 e. The van der Waals surface area contributed by atoms with Crippen molar-refractivity contribution in [2.75, 3.05) is 19.9 Å². The Morgan fingerprint density at radius 2 is 1.68 bits per heavy atom. The van der Waals surface area contributed by atoms with Crippen LogP contribution in [0.1, 0.15) is 22.3 Å². The van der Waals surface area contributed by atoms with Crippen LogP contribution < -0.4 is 20.1 Å². The van der Waals surface area contributed by atoms with Crippen LogP contribution in [0.25, 0.3) is 0 Å². The summed E-state index contributed by atoms with van der Waals surface area (Å²) >= 11 is 0. The molecule has 130 valence electrons. The van der Waals surface area contributed by atoms with E-state index in [4.69, 9.17) is 9.47 Å². The van der Waals surface area contributed by atoms with Crippen molar-refractivity contribution in [1.82, 2.24) is 10.6 Å². The van der Waals surface area contributed by atoms with Crippen LogP contribution in [0, 0.1) is 0 Å². The van der Waals surface area contributed by atoms with E-state index in [9.17, 15) is 9.59 Å². The van der Waals surface area contributed by atoms with Crippen LogP contribution in [0.15, 0.2) is 48.5 Å². The summed E-state index contributed by atoms with van der Waals surface area (Å²) in [7, 11) is 0. The van der Waals surface area contributed by atoms with Gasteiger partial charge in [0.2, 0.25) is 12.7 Å². The average molecular weight is 340 g/mol. The molecule has 0 atom stereocenters. The van der Waals surface area contributed by atoms with Gasteiger partial charge in [0.05, 0.1) is 0 Å². The van der Waals surface area contributed by atoms with E-state index >= 15 is 0 Å². The van der Waals surface area contributed by atoms with Crippen LogP contribution in [-0.4, -0.2) is 31.7 Å². The molecule has 0 unspecified atom stereocenters. The summed E-state index contributed by atoms with van der Waals surface area (Å²) in [6.07, 6.45) is 1.01. The Kier molecular flexibility index (Phi) is 5.51. The molecule has 2 aromatic carbocycles. The molecule has 0 bridgehead atoms. The fourth-order valence-electron chi connectivity index (χ4n) is 2.51. The second-order valence-electron chi connectivity index (χ2n) is 5.66. The first-order chi connectivity index (χ1) is 12.2. The van der Waals surface area contributed by atoms with Crippen LogP contribution in [0.2, 0.25) is 0 Å². The van der Waals surface area contributed by atoms with Gasteiger partial charge in [-0.25, -0.2) is 0 Å². The first-order valence-corrected chi connectivity index (χ1v) is 8.21. The molecule has 2 N–H and O–H groups in total. The number of rotatable bonds is 7. The van der Waals surface area contributed by atoms with E-state index < -0.39 is 0 Å². The number of carbonyl (C=O) groups is 2. The normalized spacial score (nSPS) is 11.8. The molecule has 0 radical (unpaired) electrons. The summed E-state index contributed by atoms with van der Waals surface area (Å²) < 4.78 is 10.6. The van der Waals surface area contributed by atoms with Gasteiger partial charge in [0.1, 0.15) is 0 Å². The molecule has 3 rings (SSSR count). The van der Waals surface area contributed by atoms with Crippen molar-refractivity contribution >= 4 is 11.8 Å². The van der Waals surface area contributed by atoms with Crippen molar-refractivity contribution in [2.45, 2.75) is 12.8 Å². The van der Waals surface area contributed by atoms with Gasteiger partial charge in [0.15, 0.2) is 11.5 Å². The average Bonchev–Trinajstić information content (AvgIpc) is 3.12. The summed E-state index contributed by atoms with van der Waals surface area (Å²) in [6.45, 7) is 1.04. The van der Waals surface area contributed by atoms with E-state index in [0.717, 1.165) is 17.1 Å². The van der Waals surface area contributed by atoms with Gasteiger partial charge < -0.3 is 20.1 Å². The molecule has 1 aliphatic heterocycles. The third-order valence-electron chi connectivity index (χ3n) is 3.85. The Bertz CT molecular complexity index is 746. The summed E-state index contributed by atoms with van der Waals surface area (Å²) in [5, 5.41) is 5.57. The SMILES string of the molecule is O=C(CCc1ccc2c(c1)OCO2)NCCNC(=O)c1ccccc1. The fraction of sp³-hybridized carbons (Fsp3) is 0.263. The molecular weight excluding hydrogens is 320 g/mol. The lowest BCUT2D eigenvalue weighted by Crippen LogP contribution is -2.34. The number of nitrogens with one attached hydrogen (secondary N) is 2. The zero-order chi connectivity index (χ0) is 17.5. The quantitative estimate of drug-likeness (QED) is 0.755. The van der Waals surface area contributed by atoms with E-state index in [1.165, 1.54) is 0 Å². The van der Waals surface area contributed by atoms with E-state index in [0.29, 0.717) is 31.5 Å². The zero-order valence-corrected chi connectivity index (χ0v) is 13.8. The minimum Gasteiger partial charge on any atom is -0.454 e. The molecule has 2 aromatic rings. The standard InChI is InChI=1S/C19H20N2O4/c22-18(9-7-14-6-8-16-17(12-14)25-13-24-16)20-10-11-21-19(23)15-4-2-1-3-5-15/h1-6,8,12H,7,9-11,13H2,(H,20,22)(H,21,23). The van der Waals surface area contributed by atoms with Crippen LogP contribution in [0.3, 0.4) is 0 Å². The molecule has 0 saturated carbocycles. The van der Waals surface area contributed by atoms with E-state index in [1.807, 2.05) is 36.4 Å². The van der Waals surface area contributed by atoms with Crippen LogP contribution >= 0.6 is 0 Å². The lowest BCUT2D eigenvalue weighted by atomic mass is 10.1. The number of fused-ring (bicyclic) bond motifs is 1.